The number of hydrogen-bond donors (Lipinski definition) is 0. The van der Waals surface area contributed by atoms with E-state index in [1.54, 1.807) is 0 Å². The van der Waals surface area contributed by atoms with Crippen LogP contribution in [0.25, 0.3) is 11.0 Å². The molecule has 1 heterocycles. The number of fused-ring (bicyclic) bond motifs is 1. The van der Waals surface area contributed by atoms with Gasteiger partial charge in [-0.05, 0) is 45.0 Å². The van der Waals surface area contributed by atoms with Crippen molar-refractivity contribution in [2.24, 2.45) is 0 Å². The molecule has 0 radical (unpaired) electrons. The molecule has 0 fully saturated rings. The van der Waals surface area contributed by atoms with E-state index in [9.17, 15) is 4.79 Å². The lowest BCUT2D eigenvalue weighted by molar-refractivity contribution is -0.117. The minimum Gasteiger partial charge on any atom is -0.312 e. The molecule has 0 saturated heterocycles. The fraction of sp³-hybridized carbons (Fsp3) is 0.250. The molecule has 128 valence electrons. The number of nitrogens with zero attached hydrogens (tertiary/aromatic N) is 3. The van der Waals surface area contributed by atoms with Crippen LogP contribution in [0.1, 0.15) is 19.5 Å². The highest BCUT2D eigenvalue weighted by Crippen LogP contribution is 2.28. The summed E-state index contributed by atoms with van der Waals surface area (Å²) < 4.78 is 0. The van der Waals surface area contributed by atoms with Crippen molar-refractivity contribution in [3.8, 4) is 0 Å². The molecule has 0 saturated carbocycles. The van der Waals surface area contributed by atoms with Gasteiger partial charge in [0.1, 0.15) is 5.03 Å². The minimum absolute atomic E-state index is 0.0769. The van der Waals surface area contributed by atoms with Crippen LogP contribution in [-0.4, -0.2) is 27.7 Å². The number of carbonyl (C=O) groups excluding carboxylic acids is 1. The molecule has 0 aliphatic rings. The molecule has 5 heteroatoms. The normalized spacial score (nSPS) is 12.1. The number of carbonyl (C=O) groups is 1. The summed E-state index contributed by atoms with van der Waals surface area (Å²) in [4.78, 5) is 24.0. The number of para-hydroxylation sites is 3. The van der Waals surface area contributed by atoms with E-state index in [1.165, 1.54) is 11.8 Å². The van der Waals surface area contributed by atoms with Crippen LogP contribution in [0, 0.1) is 6.92 Å². The largest absolute Gasteiger partial charge is 0.312 e. The smallest absolute Gasteiger partial charge is 0.240 e. The molecule has 4 nitrogen and oxygen atoms in total. The zero-order chi connectivity index (χ0) is 17.8. The van der Waals surface area contributed by atoms with Crippen molar-refractivity contribution in [1.29, 1.82) is 0 Å². The van der Waals surface area contributed by atoms with Crippen LogP contribution in [0.5, 0.6) is 0 Å². The van der Waals surface area contributed by atoms with Crippen molar-refractivity contribution in [1.82, 2.24) is 9.97 Å². The summed E-state index contributed by atoms with van der Waals surface area (Å²) in [5, 5.41) is 0.568. The Labute approximate surface area is 152 Å². The van der Waals surface area contributed by atoms with Crippen molar-refractivity contribution in [3.05, 3.63) is 60.3 Å². The Balaban J connectivity index is 1.82. The summed E-state index contributed by atoms with van der Waals surface area (Å²) in [6.45, 7) is 6.49. The SMILES string of the molecule is CCN(C(=O)C(C)Sc1nc2ccccc2nc1C)c1ccccc1. The number of thioether (sulfide) groups is 1. The summed E-state index contributed by atoms with van der Waals surface area (Å²) in [5.41, 5.74) is 3.50. The summed E-state index contributed by atoms with van der Waals surface area (Å²) in [6, 6.07) is 17.6. The first-order valence-electron chi connectivity index (χ1n) is 8.36. The second-order valence-electron chi connectivity index (χ2n) is 5.78. The van der Waals surface area contributed by atoms with Gasteiger partial charge in [-0.2, -0.15) is 0 Å². The number of hydrogen-bond acceptors (Lipinski definition) is 4. The van der Waals surface area contributed by atoms with E-state index in [2.05, 4.69) is 9.97 Å². The number of aryl methyl sites for hydroxylation is 1. The van der Waals surface area contributed by atoms with Gasteiger partial charge in [0.15, 0.2) is 0 Å². The minimum atomic E-state index is -0.241. The molecule has 1 aromatic heterocycles. The van der Waals surface area contributed by atoms with Gasteiger partial charge >= 0.3 is 0 Å². The first-order valence-corrected chi connectivity index (χ1v) is 9.24. The molecule has 0 bridgehead atoms. The number of amides is 1. The third-order valence-corrected chi connectivity index (χ3v) is 5.15. The van der Waals surface area contributed by atoms with Gasteiger partial charge in [-0.1, -0.05) is 42.1 Å². The molecule has 3 aromatic rings. The molecule has 0 aliphatic carbocycles. The Bertz CT molecular complexity index is 883. The predicted octanol–water partition coefficient (Wildman–Crippen LogP) is 4.47. The first-order chi connectivity index (χ1) is 12.1. The van der Waals surface area contributed by atoms with Gasteiger partial charge in [0.25, 0.3) is 0 Å². The van der Waals surface area contributed by atoms with E-state index in [4.69, 9.17) is 0 Å². The maximum Gasteiger partial charge on any atom is 0.240 e. The lowest BCUT2D eigenvalue weighted by Gasteiger charge is -2.24. The highest BCUT2D eigenvalue weighted by molar-refractivity contribution is 8.00. The van der Waals surface area contributed by atoms with Gasteiger partial charge in [0, 0.05) is 12.2 Å². The molecule has 0 spiro atoms. The molecule has 0 N–H and O–H groups in total. The Hall–Kier alpha value is -2.40. The van der Waals surface area contributed by atoms with Gasteiger partial charge < -0.3 is 4.90 Å². The van der Waals surface area contributed by atoms with Gasteiger partial charge in [-0.3, -0.25) is 4.79 Å². The maximum atomic E-state index is 12.9. The average Bonchev–Trinajstić information content (AvgIpc) is 2.63. The number of anilines is 1. The highest BCUT2D eigenvalue weighted by atomic mass is 32.2. The quantitative estimate of drug-likeness (QED) is 0.636. The monoisotopic (exact) mass is 351 g/mol. The summed E-state index contributed by atoms with van der Waals surface area (Å²) >= 11 is 1.47. The first kappa shape index (κ1) is 17.4. The number of rotatable bonds is 5. The summed E-state index contributed by atoms with van der Waals surface area (Å²) in [7, 11) is 0. The van der Waals surface area contributed by atoms with Gasteiger partial charge in [-0.25, -0.2) is 9.97 Å². The second-order valence-corrected chi connectivity index (χ2v) is 7.11. The third kappa shape index (κ3) is 3.82. The fourth-order valence-electron chi connectivity index (χ4n) is 2.69. The van der Waals surface area contributed by atoms with Crippen molar-refractivity contribution >= 4 is 34.4 Å². The average molecular weight is 351 g/mol. The zero-order valence-electron chi connectivity index (χ0n) is 14.6. The fourth-order valence-corrected chi connectivity index (χ4v) is 3.62. The summed E-state index contributed by atoms with van der Waals surface area (Å²) in [6.07, 6.45) is 0. The van der Waals surface area contributed by atoms with Crippen LogP contribution in [-0.2, 0) is 4.79 Å². The van der Waals surface area contributed by atoms with Crippen LogP contribution in [0.15, 0.2) is 59.6 Å². The van der Waals surface area contributed by atoms with Crippen molar-refractivity contribution in [3.63, 3.8) is 0 Å². The highest BCUT2D eigenvalue weighted by Gasteiger charge is 2.23. The lowest BCUT2D eigenvalue weighted by atomic mass is 10.2. The molecule has 0 aliphatic heterocycles. The van der Waals surface area contributed by atoms with E-state index in [0.717, 1.165) is 27.4 Å². The van der Waals surface area contributed by atoms with Crippen LogP contribution < -0.4 is 4.90 Å². The molecule has 2 aromatic carbocycles. The van der Waals surface area contributed by atoms with Crippen LogP contribution in [0.4, 0.5) is 5.69 Å². The Morgan fingerprint density at radius 2 is 1.64 bits per heavy atom. The van der Waals surface area contributed by atoms with E-state index in [0.29, 0.717) is 6.54 Å². The molecule has 3 rings (SSSR count). The van der Waals surface area contributed by atoms with E-state index < -0.39 is 0 Å². The van der Waals surface area contributed by atoms with Crippen LogP contribution in [0.3, 0.4) is 0 Å². The van der Waals surface area contributed by atoms with E-state index >= 15 is 0 Å². The number of benzene rings is 2. The second kappa shape index (κ2) is 7.66. The topological polar surface area (TPSA) is 46.1 Å². The van der Waals surface area contributed by atoms with Crippen molar-refractivity contribution < 1.29 is 4.79 Å². The lowest BCUT2D eigenvalue weighted by Crippen LogP contribution is -2.36. The predicted molar refractivity (Wildman–Crippen MR) is 104 cm³/mol. The van der Waals surface area contributed by atoms with Crippen LogP contribution >= 0.6 is 11.8 Å². The van der Waals surface area contributed by atoms with Crippen molar-refractivity contribution in [2.75, 3.05) is 11.4 Å². The molecular weight excluding hydrogens is 330 g/mol. The van der Waals surface area contributed by atoms with Gasteiger partial charge in [-0.15, -0.1) is 0 Å². The third-order valence-electron chi connectivity index (χ3n) is 3.99. The maximum absolute atomic E-state index is 12.9. The Morgan fingerprint density at radius 3 is 2.28 bits per heavy atom. The van der Waals surface area contributed by atoms with E-state index in [-0.39, 0.29) is 11.2 Å². The van der Waals surface area contributed by atoms with Gasteiger partial charge in [0.2, 0.25) is 5.91 Å². The zero-order valence-corrected chi connectivity index (χ0v) is 15.5. The summed E-state index contributed by atoms with van der Waals surface area (Å²) in [5.74, 6) is 0.0769. The van der Waals surface area contributed by atoms with E-state index in [1.807, 2.05) is 80.3 Å². The van der Waals surface area contributed by atoms with Crippen LogP contribution in [0.2, 0.25) is 0 Å². The molecule has 25 heavy (non-hydrogen) atoms. The molecular formula is C20H21N3OS. The number of aromatic nitrogens is 2. The van der Waals surface area contributed by atoms with Gasteiger partial charge in [0.05, 0.1) is 22.0 Å². The standard InChI is InChI=1S/C20H21N3OS/c1-4-23(16-10-6-5-7-11-16)20(24)15(3)25-19-14(2)21-17-12-8-9-13-18(17)22-19/h5-13,15H,4H2,1-3H3. The molecule has 1 amide bonds. The molecule has 1 unspecified atom stereocenters. The Morgan fingerprint density at radius 1 is 1.04 bits per heavy atom. The van der Waals surface area contributed by atoms with Crippen molar-refractivity contribution in [2.45, 2.75) is 31.0 Å². The molecule has 1 atom stereocenters. The Kier molecular flexibility index (Phi) is 5.34.